The van der Waals surface area contributed by atoms with E-state index >= 15 is 0 Å². The largest absolute Gasteiger partial charge is 0.300 e. The maximum Gasteiger partial charge on any atom is 0.246 e. The summed E-state index contributed by atoms with van der Waals surface area (Å²) in [6.45, 7) is 2.88. The average molecular weight is 344 g/mol. The Labute approximate surface area is 136 Å². The Morgan fingerprint density at radius 3 is 2.43 bits per heavy atom. The van der Waals surface area contributed by atoms with Gasteiger partial charge in [-0.25, -0.2) is 17.2 Å². The molecule has 2 heterocycles. The van der Waals surface area contributed by atoms with Crippen LogP contribution in [0, 0.1) is 11.6 Å². The lowest BCUT2D eigenvalue weighted by Gasteiger charge is -2.26. The summed E-state index contributed by atoms with van der Waals surface area (Å²) in [5.74, 6) is -2.41. The van der Waals surface area contributed by atoms with Gasteiger partial charge in [-0.2, -0.15) is 4.31 Å². The maximum atomic E-state index is 13.9. The van der Waals surface area contributed by atoms with Crippen molar-refractivity contribution in [1.82, 2.24) is 9.21 Å². The van der Waals surface area contributed by atoms with Gasteiger partial charge in [-0.3, -0.25) is 0 Å². The molecule has 0 N–H and O–H groups in total. The van der Waals surface area contributed by atoms with Gasteiger partial charge < -0.3 is 4.90 Å². The van der Waals surface area contributed by atoms with Gasteiger partial charge >= 0.3 is 0 Å². The van der Waals surface area contributed by atoms with Crippen molar-refractivity contribution in [3.05, 3.63) is 29.8 Å². The Kier molecular flexibility index (Phi) is 4.98. The van der Waals surface area contributed by atoms with Gasteiger partial charge in [0.25, 0.3) is 0 Å². The number of sulfonamides is 1. The second-order valence-corrected chi connectivity index (χ2v) is 8.19. The molecular weight excluding hydrogens is 322 g/mol. The minimum Gasteiger partial charge on any atom is -0.300 e. The number of hydrogen-bond acceptors (Lipinski definition) is 3. The minimum absolute atomic E-state index is 0.361. The standard InChI is InChI=1S/C16H22F2N2O2S/c17-14-6-3-7-15(16(14)18)23(21,22)20-11-4-5-13(8-12-20)19-9-1-2-10-19/h3,6-7,13H,1-2,4-5,8-12H2/t13-/m1/s1. The second kappa shape index (κ2) is 6.83. The monoisotopic (exact) mass is 344 g/mol. The van der Waals surface area contributed by atoms with Crippen LogP contribution < -0.4 is 0 Å². The van der Waals surface area contributed by atoms with Crippen LogP contribution in [0.5, 0.6) is 0 Å². The van der Waals surface area contributed by atoms with Crippen LogP contribution in [0.2, 0.25) is 0 Å². The van der Waals surface area contributed by atoms with Crippen LogP contribution in [0.1, 0.15) is 32.1 Å². The number of nitrogens with zero attached hydrogens (tertiary/aromatic N) is 2. The van der Waals surface area contributed by atoms with Gasteiger partial charge in [0.15, 0.2) is 11.6 Å². The average Bonchev–Trinajstić information content (AvgIpc) is 2.94. The molecule has 0 unspecified atom stereocenters. The Morgan fingerprint density at radius 1 is 0.957 bits per heavy atom. The van der Waals surface area contributed by atoms with E-state index in [9.17, 15) is 17.2 Å². The Balaban J connectivity index is 1.77. The Hall–Kier alpha value is -1.05. The zero-order valence-electron chi connectivity index (χ0n) is 13.0. The lowest BCUT2D eigenvalue weighted by molar-refractivity contribution is 0.222. The molecule has 0 aromatic heterocycles. The zero-order chi connectivity index (χ0) is 16.4. The molecule has 23 heavy (non-hydrogen) atoms. The predicted molar refractivity (Wildman–Crippen MR) is 83.6 cm³/mol. The number of halogens is 2. The first kappa shape index (κ1) is 16.8. The molecule has 1 aromatic carbocycles. The van der Waals surface area contributed by atoms with Gasteiger partial charge in [-0.15, -0.1) is 0 Å². The quantitative estimate of drug-likeness (QED) is 0.846. The molecule has 3 rings (SSSR count). The molecule has 7 heteroatoms. The summed E-state index contributed by atoms with van der Waals surface area (Å²) in [5, 5.41) is 0. The van der Waals surface area contributed by atoms with Crippen LogP contribution in [-0.2, 0) is 10.0 Å². The number of likely N-dealkylation sites (tertiary alicyclic amines) is 1. The highest BCUT2D eigenvalue weighted by Gasteiger charge is 2.32. The second-order valence-electron chi connectivity index (χ2n) is 6.28. The predicted octanol–water partition coefficient (Wildman–Crippen LogP) is 2.60. The molecule has 2 saturated heterocycles. The first-order chi connectivity index (χ1) is 11.0. The van der Waals surface area contributed by atoms with Crippen molar-refractivity contribution in [1.29, 1.82) is 0 Å². The van der Waals surface area contributed by atoms with E-state index in [1.807, 2.05) is 0 Å². The molecule has 2 aliphatic rings. The van der Waals surface area contributed by atoms with E-state index < -0.39 is 26.6 Å². The summed E-state index contributed by atoms with van der Waals surface area (Å²) in [6, 6.07) is 3.70. The fraction of sp³-hybridized carbons (Fsp3) is 0.625. The first-order valence-corrected chi connectivity index (χ1v) is 9.62. The maximum absolute atomic E-state index is 13.9. The van der Waals surface area contributed by atoms with Crippen molar-refractivity contribution in [3.8, 4) is 0 Å². The normalized spacial score (nSPS) is 24.7. The molecule has 0 bridgehead atoms. The van der Waals surface area contributed by atoms with Gasteiger partial charge in [0.1, 0.15) is 4.90 Å². The van der Waals surface area contributed by atoms with E-state index in [-0.39, 0.29) is 0 Å². The van der Waals surface area contributed by atoms with E-state index in [1.54, 1.807) is 0 Å². The van der Waals surface area contributed by atoms with Gasteiger partial charge in [-0.05, 0) is 57.3 Å². The Bertz CT molecular complexity index is 660. The lowest BCUT2D eigenvalue weighted by Crippen LogP contribution is -2.35. The highest BCUT2D eigenvalue weighted by atomic mass is 32.2. The summed E-state index contributed by atoms with van der Waals surface area (Å²) in [4.78, 5) is 1.87. The summed E-state index contributed by atoms with van der Waals surface area (Å²) >= 11 is 0. The van der Waals surface area contributed by atoms with Crippen molar-refractivity contribution in [2.75, 3.05) is 26.2 Å². The summed E-state index contributed by atoms with van der Waals surface area (Å²) in [6.07, 6.45) is 4.85. The first-order valence-electron chi connectivity index (χ1n) is 8.18. The van der Waals surface area contributed by atoms with Gasteiger partial charge in [-0.1, -0.05) is 6.07 Å². The molecule has 0 saturated carbocycles. The van der Waals surface area contributed by atoms with Crippen molar-refractivity contribution in [3.63, 3.8) is 0 Å². The van der Waals surface area contributed by atoms with Crippen LogP contribution in [0.15, 0.2) is 23.1 Å². The van der Waals surface area contributed by atoms with Gasteiger partial charge in [0, 0.05) is 19.1 Å². The fourth-order valence-corrected chi connectivity index (χ4v) is 5.15. The van der Waals surface area contributed by atoms with Crippen molar-refractivity contribution >= 4 is 10.0 Å². The molecule has 1 atom stereocenters. The zero-order valence-corrected chi connectivity index (χ0v) is 13.9. The molecule has 0 radical (unpaired) electrons. The SMILES string of the molecule is O=S(=O)(c1cccc(F)c1F)N1CCC[C@@H](N2CCCC2)CC1. The van der Waals surface area contributed by atoms with Crippen molar-refractivity contribution in [2.45, 2.75) is 43.0 Å². The van der Waals surface area contributed by atoms with E-state index in [0.29, 0.717) is 19.1 Å². The third-order valence-electron chi connectivity index (χ3n) is 4.85. The van der Waals surface area contributed by atoms with E-state index in [0.717, 1.165) is 44.5 Å². The summed E-state index contributed by atoms with van der Waals surface area (Å²) in [5.41, 5.74) is 0. The van der Waals surface area contributed by atoms with E-state index in [4.69, 9.17) is 0 Å². The molecule has 0 aliphatic carbocycles. The van der Waals surface area contributed by atoms with E-state index in [1.165, 1.54) is 23.2 Å². The summed E-state index contributed by atoms with van der Waals surface area (Å²) in [7, 11) is -3.99. The Morgan fingerprint density at radius 2 is 1.70 bits per heavy atom. The third-order valence-corrected chi connectivity index (χ3v) is 6.76. The van der Waals surface area contributed by atoms with Crippen LogP contribution >= 0.6 is 0 Å². The van der Waals surface area contributed by atoms with Crippen molar-refractivity contribution < 1.29 is 17.2 Å². The number of hydrogen-bond donors (Lipinski definition) is 0. The molecule has 1 aromatic rings. The molecule has 2 fully saturated rings. The number of benzene rings is 1. The van der Waals surface area contributed by atoms with Crippen LogP contribution in [0.25, 0.3) is 0 Å². The molecule has 128 valence electrons. The molecule has 0 spiro atoms. The smallest absolute Gasteiger partial charge is 0.246 e. The van der Waals surface area contributed by atoms with Gasteiger partial charge in [0.2, 0.25) is 10.0 Å². The van der Waals surface area contributed by atoms with Crippen LogP contribution in [-0.4, -0.2) is 49.8 Å². The topological polar surface area (TPSA) is 40.6 Å². The number of rotatable bonds is 3. The third kappa shape index (κ3) is 3.41. The molecule has 2 aliphatic heterocycles. The van der Waals surface area contributed by atoms with Crippen LogP contribution in [0.4, 0.5) is 8.78 Å². The molecular formula is C16H22F2N2O2S. The fourth-order valence-electron chi connectivity index (χ4n) is 3.59. The van der Waals surface area contributed by atoms with Crippen molar-refractivity contribution in [2.24, 2.45) is 0 Å². The highest BCUT2D eigenvalue weighted by Crippen LogP contribution is 2.26. The highest BCUT2D eigenvalue weighted by molar-refractivity contribution is 7.89. The van der Waals surface area contributed by atoms with E-state index in [2.05, 4.69) is 4.90 Å². The summed E-state index contributed by atoms with van der Waals surface area (Å²) < 4.78 is 53.8. The molecule has 0 amide bonds. The van der Waals surface area contributed by atoms with Gasteiger partial charge in [0.05, 0.1) is 0 Å². The van der Waals surface area contributed by atoms with Crippen LogP contribution in [0.3, 0.4) is 0 Å². The molecule has 4 nitrogen and oxygen atoms in total. The lowest BCUT2D eigenvalue weighted by atomic mass is 10.1. The minimum atomic E-state index is -3.99.